The third kappa shape index (κ3) is 4.46. The number of aromatic nitrogens is 1. The predicted molar refractivity (Wildman–Crippen MR) is 91.6 cm³/mol. The Balaban J connectivity index is 1.87. The van der Waals surface area contributed by atoms with Gasteiger partial charge in [-0.25, -0.2) is 4.98 Å². The second-order valence-electron chi connectivity index (χ2n) is 4.88. The van der Waals surface area contributed by atoms with Gasteiger partial charge in [0, 0.05) is 18.5 Å². The van der Waals surface area contributed by atoms with Crippen LogP contribution in [0.3, 0.4) is 0 Å². The Morgan fingerprint density at radius 3 is 2.68 bits per heavy atom. The zero-order valence-electron chi connectivity index (χ0n) is 13.4. The van der Waals surface area contributed by atoms with Crippen molar-refractivity contribution in [3.63, 3.8) is 0 Å². The van der Waals surface area contributed by atoms with Crippen LogP contribution in [0.2, 0.25) is 0 Å². The summed E-state index contributed by atoms with van der Waals surface area (Å²) in [5.74, 6) is 1.62. The maximum absolute atomic E-state index is 5.23. The Kier molecular flexibility index (Phi) is 5.77. The zero-order chi connectivity index (χ0) is 15.9. The van der Waals surface area contributed by atoms with Gasteiger partial charge in [0.05, 0.1) is 19.3 Å². The SMILES string of the molecule is CN=C(NCc1cccc(OC)c1)NCc1nc(C)c(C)s1. The highest BCUT2D eigenvalue weighted by Gasteiger charge is 2.05. The van der Waals surface area contributed by atoms with Gasteiger partial charge in [0.15, 0.2) is 5.96 Å². The smallest absolute Gasteiger partial charge is 0.191 e. The van der Waals surface area contributed by atoms with E-state index in [0.29, 0.717) is 13.1 Å². The zero-order valence-corrected chi connectivity index (χ0v) is 14.3. The Labute approximate surface area is 135 Å². The summed E-state index contributed by atoms with van der Waals surface area (Å²) < 4.78 is 5.23. The van der Waals surface area contributed by atoms with Gasteiger partial charge >= 0.3 is 0 Å². The summed E-state index contributed by atoms with van der Waals surface area (Å²) in [5.41, 5.74) is 2.24. The first-order valence-corrected chi connectivity index (χ1v) is 7.94. The van der Waals surface area contributed by atoms with Crippen molar-refractivity contribution in [2.24, 2.45) is 4.99 Å². The van der Waals surface area contributed by atoms with Crippen LogP contribution in [0.5, 0.6) is 5.75 Å². The highest BCUT2D eigenvalue weighted by molar-refractivity contribution is 7.11. The number of aliphatic imine (C=N–C) groups is 1. The van der Waals surface area contributed by atoms with E-state index in [9.17, 15) is 0 Å². The van der Waals surface area contributed by atoms with E-state index < -0.39 is 0 Å². The van der Waals surface area contributed by atoms with Gasteiger partial charge < -0.3 is 15.4 Å². The number of methoxy groups -OCH3 is 1. The van der Waals surface area contributed by atoms with Crippen LogP contribution in [-0.2, 0) is 13.1 Å². The van der Waals surface area contributed by atoms with Crippen molar-refractivity contribution in [3.05, 3.63) is 45.4 Å². The third-order valence-electron chi connectivity index (χ3n) is 3.30. The molecule has 22 heavy (non-hydrogen) atoms. The molecule has 1 aromatic carbocycles. The number of aryl methyl sites for hydroxylation is 2. The highest BCUT2D eigenvalue weighted by Crippen LogP contribution is 2.16. The fraction of sp³-hybridized carbons (Fsp3) is 0.375. The molecule has 1 heterocycles. The molecule has 0 fully saturated rings. The van der Waals surface area contributed by atoms with Gasteiger partial charge in [0.1, 0.15) is 10.8 Å². The van der Waals surface area contributed by atoms with Gasteiger partial charge in [-0.1, -0.05) is 12.1 Å². The summed E-state index contributed by atoms with van der Waals surface area (Å²) in [5, 5.41) is 7.64. The summed E-state index contributed by atoms with van der Waals surface area (Å²) in [4.78, 5) is 10.0. The molecule has 0 aliphatic rings. The van der Waals surface area contributed by atoms with Crippen molar-refractivity contribution in [1.29, 1.82) is 0 Å². The van der Waals surface area contributed by atoms with Gasteiger partial charge in [-0.3, -0.25) is 4.99 Å². The van der Waals surface area contributed by atoms with Crippen molar-refractivity contribution in [1.82, 2.24) is 15.6 Å². The number of guanidine groups is 1. The molecule has 0 spiro atoms. The summed E-state index contributed by atoms with van der Waals surface area (Å²) in [6.07, 6.45) is 0. The Bertz CT molecular complexity index is 632. The van der Waals surface area contributed by atoms with Crippen molar-refractivity contribution in [3.8, 4) is 5.75 Å². The second kappa shape index (κ2) is 7.79. The Hall–Kier alpha value is -2.08. The van der Waals surface area contributed by atoms with E-state index in [1.807, 2.05) is 25.1 Å². The molecular weight excluding hydrogens is 296 g/mol. The summed E-state index contributed by atoms with van der Waals surface area (Å²) in [6.45, 7) is 5.49. The first-order valence-electron chi connectivity index (χ1n) is 7.12. The predicted octanol–water partition coefficient (Wildman–Crippen LogP) is 2.63. The quantitative estimate of drug-likeness (QED) is 0.657. The van der Waals surface area contributed by atoms with Crippen LogP contribution in [0, 0.1) is 13.8 Å². The van der Waals surface area contributed by atoms with Crippen molar-refractivity contribution in [2.45, 2.75) is 26.9 Å². The minimum absolute atomic E-state index is 0.678. The lowest BCUT2D eigenvalue weighted by atomic mass is 10.2. The van der Waals surface area contributed by atoms with E-state index in [-0.39, 0.29) is 0 Å². The average molecular weight is 318 g/mol. The topological polar surface area (TPSA) is 58.5 Å². The summed E-state index contributed by atoms with van der Waals surface area (Å²) in [7, 11) is 3.43. The first kappa shape index (κ1) is 16.3. The van der Waals surface area contributed by atoms with Crippen LogP contribution in [0.1, 0.15) is 21.1 Å². The van der Waals surface area contributed by atoms with E-state index in [0.717, 1.165) is 28.0 Å². The lowest BCUT2D eigenvalue weighted by molar-refractivity contribution is 0.414. The van der Waals surface area contributed by atoms with E-state index in [1.165, 1.54) is 4.88 Å². The van der Waals surface area contributed by atoms with Crippen LogP contribution >= 0.6 is 11.3 Å². The minimum atomic E-state index is 0.678. The third-order valence-corrected chi connectivity index (χ3v) is 4.37. The standard InChI is InChI=1S/C16H22N4OS/c1-11-12(2)22-15(20-11)10-19-16(17-3)18-9-13-6-5-7-14(8-13)21-4/h5-8H,9-10H2,1-4H3,(H2,17,18,19). The molecule has 0 saturated heterocycles. The summed E-state index contributed by atoms with van der Waals surface area (Å²) in [6, 6.07) is 7.97. The number of hydrogen-bond donors (Lipinski definition) is 2. The summed E-state index contributed by atoms with van der Waals surface area (Å²) >= 11 is 1.71. The van der Waals surface area contributed by atoms with Gasteiger partial charge in [-0.05, 0) is 31.5 Å². The van der Waals surface area contributed by atoms with Crippen LogP contribution in [0.4, 0.5) is 0 Å². The fourth-order valence-corrected chi connectivity index (χ4v) is 2.84. The van der Waals surface area contributed by atoms with Gasteiger partial charge in [-0.15, -0.1) is 11.3 Å². The Morgan fingerprint density at radius 1 is 1.27 bits per heavy atom. The molecule has 2 N–H and O–H groups in total. The first-order chi connectivity index (χ1) is 10.6. The molecule has 0 radical (unpaired) electrons. The van der Waals surface area contributed by atoms with Crippen molar-refractivity contribution < 1.29 is 4.74 Å². The molecule has 0 amide bonds. The van der Waals surface area contributed by atoms with Gasteiger partial charge in [0.25, 0.3) is 0 Å². The molecule has 0 saturated carbocycles. The van der Waals surface area contributed by atoms with Gasteiger partial charge in [0.2, 0.25) is 0 Å². The van der Waals surface area contributed by atoms with Crippen molar-refractivity contribution in [2.75, 3.05) is 14.2 Å². The van der Waals surface area contributed by atoms with E-state index >= 15 is 0 Å². The molecule has 0 bridgehead atoms. The monoisotopic (exact) mass is 318 g/mol. The number of nitrogens with one attached hydrogen (secondary N) is 2. The van der Waals surface area contributed by atoms with Crippen LogP contribution in [-0.4, -0.2) is 25.1 Å². The molecule has 2 aromatic rings. The molecule has 118 valence electrons. The van der Waals surface area contributed by atoms with E-state index in [4.69, 9.17) is 4.74 Å². The molecule has 5 nitrogen and oxygen atoms in total. The molecule has 0 aliphatic carbocycles. The number of nitrogens with zero attached hydrogens (tertiary/aromatic N) is 2. The molecule has 2 rings (SSSR count). The number of benzene rings is 1. The van der Waals surface area contributed by atoms with Crippen LogP contribution in [0.25, 0.3) is 0 Å². The minimum Gasteiger partial charge on any atom is -0.497 e. The van der Waals surface area contributed by atoms with Crippen molar-refractivity contribution >= 4 is 17.3 Å². The molecular formula is C16H22N4OS. The number of hydrogen-bond acceptors (Lipinski definition) is 4. The average Bonchev–Trinajstić information content (AvgIpc) is 2.86. The van der Waals surface area contributed by atoms with Crippen LogP contribution in [0.15, 0.2) is 29.3 Å². The number of rotatable bonds is 5. The molecule has 0 atom stereocenters. The molecule has 0 unspecified atom stereocenters. The lowest BCUT2D eigenvalue weighted by Gasteiger charge is -2.11. The maximum Gasteiger partial charge on any atom is 0.191 e. The largest absolute Gasteiger partial charge is 0.497 e. The van der Waals surface area contributed by atoms with Gasteiger partial charge in [-0.2, -0.15) is 0 Å². The number of thiazole rings is 1. The maximum atomic E-state index is 5.23. The second-order valence-corrected chi connectivity index (χ2v) is 6.17. The molecule has 0 aliphatic heterocycles. The number of ether oxygens (including phenoxy) is 1. The Morgan fingerprint density at radius 2 is 2.05 bits per heavy atom. The lowest BCUT2D eigenvalue weighted by Crippen LogP contribution is -2.36. The van der Waals surface area contributed by atoms with E-state index in [2.05, 4.69) is 33.6 Å². The normalized spacial score (nSPS) is 11.4. The molecule has 1 aromatic heterocycles. The highest BCUT2D eigenvalue weighted by atomic mass is 32.1. The molecule has 6 heteroatoms. The van der Waals surface area contributed by atoms with E-state index in [1.54, 1.807) is 25.5 Å². The van der Waals surface area contributed by atoms with Crippen LogP contribution < -0.4 is 15.4 Å². The fourth-order valence-electron chi connectivity index (χ4n) is 1.96.